The Morgan fingerprint density at radius 3 is 2.27 bits per heavy atom. The Morgan fingerprint density at radius 2 is 1.57 bits per heavy atom. The van der Waals surface area contributed by atoms with Gasteiger partial charge in [0.25, 0.3) is 0 Å². The van der Waals surface area contributed by atoms with E-state index in [0.29, 0.717) is 65.1 Å². The fraction of sp³-hybridized carbons (Fsp3) is 0.591. The van der Waals surface area contributed by atoms with Gasteiger partial charge >= 0.3 is 6.09 Å². The molecule has 0 aliphatic carbocycles. The van der Waals surface area contributed by atoms with Gasteiger partial charge in [-0.15, -0.1) is 0 Å². The van der Waals surface area contributed by atoms with E-state index in [2.05, 4.69) is 0 Å². The molecular formula is C22H31N3O5. The SMILES string of the molecule is COC(=O)N1CCCN(C(=O)C2CCN(C(=O)CCOc3ccccc3)CC2)CC1. The summed E-state index contributed by atoms with van der Waals surface area (Å²) in [5.41, 5.74) is 0. The summed E-state index contributed by atoms with van der Waals surface area (Å²) in [4.78, 5) is 42.4. The van der Waals surface area contributed by atoms with Crippen molar-refractivity contribution in [2.45, 2.75) is 25.7 Å². The number of carbonyl (C=O) groups excluding carboxylic acids is 3. The van der Waals surface area contributed by atoms with Crippen LogP contribution in [0.1, 0.15) is 25.7 Å². The zero-order valence-corrected chi connectivity index (χ0v) is 17.6. The first-order valence-electron chi connectivity index (χ1n) is 10.7. The number of hydrogen-bond acceptors (Lipinski definition) is 5. The van der Waals surface area contributed by atoms with Crippen molar-refractivity contribution >= 4 is 17.9 Å². The maximum Gasteiger partial charge on any atom is 0.409 e. The van der Waals surface area contributed by atoms with Crippen LogP contribution in [0.15, 0.2) is 30.3 Å². The number of likely N-dealkylation sites (tertiary alicyclic amines) is 1. The van der Waals surface area contributed by atoms with Crippen LogP contribution in [0.5, 0.6) is 5.75 Å². The van der Waals surface area contributed by atoms with Gasteiger partial charge in [0.15, 0.2) is 0 Å². The van der Waals surface area contributed by atoms with Crippen LogP contribution >= 0.6 is 0 Å². The van der Waals surface area contributed by atoms with Crippen molar-refractivity contribution in [2.24, 2.45) is 5.92 Å². The standard InChI is InChI=1S/C22H31N3O5/c1-29-22(28)25-12-5-11-24(15-16-25)21(27)18-8-13-23(14-9-18)20(26)10-17-30-19-6-3-2-4-7-19/h2-4,6-7,18H,5,8-17H2,1H3. The summed E-state index contributed by atoms with van der Waals surface area (Å²) in [6.45, 7) is 3.84. The summed E-state index contributed by atoms with van der Waals surface area (Å²) in [6, 6.07) is 9.46. The summed E-state index contributed by atoms with van der Waals surface area (Å²) in [5.74, 6) is 0.915. The molecule has 2 fully saturated rings. The van der Waals surface area contributed by atoms with Gasteiger partial charge in [-0.05, 0) is 31.4 Å². The quantitative estimate of drug-likeness (QED) is 0.732. The van der Waals surface area contributed by atoms with E-state index < -0.39 is 0 Å². The Kier molecular flexibility index (Phi) is 7.93. The number of benzene rings is 1. The minimum absolute atomic E-state index is 0.0562. The van der Waals surface area contributed by atoms with Crippen molar-refractivity contribution in [3.63, 3.8) is 0 Å². The average molecular weight is 418 g/mol. The zero-order valence-electron chi connectivity index (χ0n) is 17.6. The van der Waals surface area contributed by atoms with Crippen LogP contribution in [0.3, 0.4) is 0 Å². The Morgan fingerprint density at radius 1 is 0.900 bits per heavy atom. The lowest BCUT2D eigenvalue weighted by Crippen LogP contribution is -2.45. The predicted molar refractivity (Wildman–Crippen MR) is 111 cm³/mol. The van der Waals surface area contributed by atoms with E-state index in [4.69, 9.17) is 9.47 Å². The molecule has 1 aromatic carbocycles. The molecule has 0 unspecified atom stereocenters. The van der Waals surface area contributed by atoms with Gasteiger partial charge in [0.05, 0.1) is 20.1 Å². The van der Waals surface area contributed by atoms with Crippen LogP contribution in [0, 0.1) is 5.92 Å². The second kappa shape index (κ2) is 10.8. The van der Waals surface area contributed by atoms with Crippen molar-refractivity contribution in [1.82, 2.24) is 14.7 Å². The molecule has 2 aliphatic heterocycles. The number of rotatable bonds is 5. The van der Waals surface area contributed by atoms with E-state index in [1.165, 1.54) is 7.11 Å². The summed E-state index contributed by atoms with van der Waals surface area (Å²) in [7, 11) is 1.37. The Bertz CT molecular complexity index is 719. The molecule has 2 saturated heterocycles. The summed E-state index contributed by atoms with van der Waals surface area (Å²) >= 11 is 0. The molecule has 30 heavy (non-hydrogen) atoms. The molecule has 0 spiro atoms. The molecule has 0 bridgehead atoms. The van der Waals surface area contributed by atoms with Crippen LogP contribution in [0.2, 0.25) is 0 Å². The molecule has 0 N–H and O–H groups in total. The van der Waals surface area contributed by atoms with Gasteiger partial charge < -0.3 is 24.2 Å². The number of amides is 3. The molecule has 2 heterocycles. The third kappa shape index (κ3) is 5.87. The molecule has 1 aromatic rings. The van der Waals surface area contributed by atoms with Crippen molar-refractivity contribution < 1.29 is 23.9 Å². The molecule has 0 atom stereocenters. The van der Waals surface area contributed by atoms with Gasteiger partial charge in [0, 0.05) is 45.2 Å². The van der Waals surface area contributed by atoms with Crippen LogP contribution < -0.4 is 4.74 Å². The molecule has 2 aliphatic rings. The highest BCUT2D eigenvalue weighted by Gasteiger charge is 2.31. The van der Waals surface area contributed by atoms with Gasteiger partial charge in [-0.3, -0.25) is 9.59 Å². The lowest BCUT2D eigenvalue weighted by molar-refractivity contribution is -0.140. The highest BCUT2D eigenvalue weighted by atomic mass is 16.5. The summed E-state index contributed by atoms with van der Waals surface area (Å²) in [5, 5.41) is 0. The van der Waals surface area contributed by atoms with E-state index in [-0.39, 0.29) is 23.8 Å². The minimum Gasteiger partial charge on any atom is -0.493 e. The van der Waals surface area contributed by atoms with Crippen LogP contribution in [-0.2, 0) is 14.3 Å². The smallest absolute Gasteiger partial charge is 0.409 e. The van der Waals surface area contributed by atoms with Gasteiger partial charge in [0.1, 0.15) is 5.75 Å². The topological polar surface area (TPSA) is 79.4 Å². The van der Waals surface area contributed by atoms with Gasteiger partial charge in [-0.2, -0.15) is 0 Å². The Labute approximate surface area is 177 Å². The molecular weight excluding hydrogens is 386 g/mol. The summed E-state index contributed by atoms with van der Waals surface area (Å²) in [6.07, 6.45) is 2.11. The predicted octanol–water partition coefficient (Wildman–Crippen LogP) is 1.99. The van der Waals surface area contributed by atoms with E-state index in [1.54, 1.807) is 4.90 Å². The number of piperidine rings is 1. The van der Waals surface area contributed by atoms with E-state index in [1.807, 2.05) is 40.1 Å². The maximum atomic E-state index is 12.9. The van der Waals surface area contributed by atoms with E-state index in [9.17, 15) is 14.4 Å². The Balaban J connectivity index is 1.39. The number of hydrogen-bond donors (Lipinski definition) is 0. The highest BCUT2D eigenvalue weighted by molar-refractivity contribution is 5.80. The maximum absolute atomic E-state index is 12.9. The molecule has 0 radical (unpaired) electrons. The van der Waals surface area contributed by atoms with Crippen molar-refractivity contribution in [3.05, 3.63) is 30.3 Å². The first kappa shape index (κ1) is 21.9. The normalized spacial score (nSPS) is 18.0. The molecule has 3 rings (SSSR count). The largest absolute Gasteiger partial charge is 0.493 e. The summed E-state index contributed by atoms with van der Waals surface area (Å²) < 4.78 is 10.4. The molecule has 8 nitrogen and oxygen atoms in total. The molecule has 164 valence electrons. The van der Waals surface area contributed by atoms with Crippen molar-refractivity contribution in [1.29, 1.82) is 0 Å². The number of ether oxygens (including phenoxy) is 2. The van der Waals surface area contributed by atoms with Crippen LogP contribution in [0.4, 0.5) is 4.79 Å². The van der Waals surface area contributed by atoms with Gasteiger partial charge in [-0.1, -0.05) is 18.2 Å². The first-order valence-corrected chi connectivity index (χ1v) is 10.7. The fourth-order valence-electron chi connectivity index (χ4n) is 4.01. The second-order valence-corrected chi connectivity index (χ2v) is 7.70. The van der Waals surface area contributed by atoms with Gasteiger partial charge in [-0.25, -0.2) is 4.79 Å². The lowest BCUT2D eigenvalue weighted by Gasteiger charge is -2.34. The van der Waals surface area contributed by atoms with Crippen LogP contribution in [-0.4, -0.2) is 85.6 Å². The van der Waals surface area contributed by atoms with Crippen molar-refractivity contribution in [2.75, 3.05) is 53.0 Å². The zero-order chi connectivity index (χ0) is 21.3. The fourth-order valence-corrected chi connectivity index (χ4v) is 4.01. The Hall–Kier alpha value is -2.77. The lowest BCUT2D eigenvalue weighted by atomic mass is 9.95. The number of nitrogens with zero attached hydrogens (tertiary/aromatic N) is 3. The molecule has 8 heteroatoms. The molecule has 0 saturated carbocycles. The third-order valence-corrected chi connectivity index (χ3v) is 5.77. The van der Waals surface area contributed by atoms with Crippen LogP contribution in [0.25, 0.3) is 0 Å². The molecule has 3 amide bonds. The number of para-hydroxylation sites is 1. The van der Waals surface area contributed by atoms with Crippen molar-refractivity contribution in [3.8, 4) is 5.75 Å². The first-order chi connectivity index (χ1) is 14.6. The molecule has 0 aromatic heterocycles. The van der Waals surface area contributed by atoms with Gasteiger partial charge in [0.2, 0.25) is 11.8 Å². The second-order valence-electron chi connectivity index (χ2n) is 7.70. The monoisotopic (exact) mass is 417 g/mol. The third-order valence-electron chi connectivity index (χ3n) is 5.77. The van der Waals surface area contributed by atoms with E-state index in [0.717, 1.165) is 12.2 Å². The number of methoxy groups -OCH3 is 1. The minimum atomic E-state index is -0.340. The van der Waals surface area contributed by atoms with E-state index >= 15 is 0 Å². The average Bonchev–Trinajstić information content (AvgIpc) is 3.05. The number of carbonyl (C=O) groups is 3. The highest BCUT2D eigenvalue weighted by Crippen LogP contribution is 2.21.